The Morgan fingerprint density at radius 3 is 2.87 bits per heavy atom. The Balaban J connectivity index is 1.60. The molecule has 2 aromatic heterocycles. The van der Waals surface area contributed by atoms with Gasteiger partial charge < -0.3 is 9.72 Å². The summed E-state index contributed by atoms with van der Waals surface area (Å²) < 4.78 is 5.85. The molecule has 1 N–H and O–H groups in total. The van der Waals surface area contributed by atoms with Crippen molar-refractivity contribution >= 4 is 22.2 Å². The van der Waals surface area contributed by atoms with Crippen LogP contribution in [0.1, 0.15) is 30.5 Å². The van der Waals surface area contributed by atoms with Gasteiger partial charge >= 0.3 is 0 Å². The number of ether oxygens (including phenoxy) is 1. The van der Waals surface area contributed by atoms with Gasteiger partial charge in [0.2, 0.25) is 0 Å². The van der Waals surface area contributed by atoms with Crippen molar-refractivity contribution in [2.75, 3.05) is 13.1 Å². The summed E-state index contributed by atoms with van der Waals surface area (Å²) in [5, 5.41) is 3.98. The van der Waals surface area contributed by atoms with E-state index in [0.717, 1.165) is 11.7 Å². The monoisotopic (exact) mass is 327 g/mol. The molecule has 1 aliphatic heterocycles. The normalized spacial score (nSPS) is 16.0. The summed E-state index contributed by atoms with van der Waals surface area (Å²) in [7, 11) is 0. The van der Waals surface area contributed by atoms with Gasteiger partial charge in [-0.25, -0.2) is 4.98 Å². The average Bonchev–Trinajstić information content (AvgIpc) is 3.22. The Labute approximate surface area is 140 Å². The topological polar surface area (TPSA) is 41.1 Å². The maximum absolute atomic E-state index is 5.85. The highest BCUT2D eigenvalue weighted by Gasteiger charge is 2.17. The average molecular weight is 327 g/mol. The number of para-hydroxylation sites is 1. The maximum Gasteiger partial charge on any atom is 0.273 e. The molecule has 120 valence electrons. The Kier molecular flexibility index (Phi) is 4.30. The van der Waals surface area contributed by atoms with Gasteiger partial charge in [-0.3, -0.25) is 4.90 Å². The van der Waals surface area contributed by atoms with E-state index in [1.54, 1.807) is 6.20 Å². The quantitative estimate of drug-likeness (QED) is 0.764. The van der Waals surface area contributed by atoms with Crippen LogP contribution in [0.25, 0.3) is 10.9 Å². The molecular formula is C18H21N3OS. The van der Waals surface area contributed by atoms with Gasteiger partial charge in [0.1, 0.15) is 6.61 Å². The number of aromatic amines is 1. The number of aromatic nitrogens is 2. The van der Waals surface area contributed by atoms with E-state index in [0.29, 0.717) is 6.61 Å². The van der Waals surface area contributed by atoms with Crippen molar-refractivity contribution in [1.82, 2.24) is 14.9 Å². The molecule has 4 nitrogen and oxygen atoms in total. The molecule has 0 spiro atoms. The summed E-state index contributed by atoms with van der Waals surface area (Å²) in [6.07, 6.45) is 5.77. The van der Waals surface area contributed by atoms with Crippen LogP contribution < -0.4 is 4.74 Å². The van der Waals surface area contributed by atoms with Crippen molar-refractivity contribution in [3.05, 3.63) is 47.1 Å². The molecule has 1 aliphatic rings. The molecule has 4 rings (SSSR count). The fraction of sp³-hybridized carbons (Fsp3) is 0.389. The fourth-order valence-electron chi connectivity index (χ4n) is 3.32. The molecule has 1 aromatic carbocycles. The minimum absolute atomic E-state index is 0.547. The SMILES string of the molecule is c1ccc2c(CN3CCCCC3)c(COc3nccs3)[nH]c2c1. The molecular weight excluding hydrogens is 306 g/mol. The number of nitrogens with one attached hydrogen (secondary N) is 1. The zero-order valence-electron chi connectivity index (χ0n) is 13.1. The summed E-state index contributed by atoms with van der Waals surface area (Å²) in [5.74, 6) is 0. The highest BCUT2D eigenvalue weighted by Crippen LogP contribution is 2.26. The van der Waals surface area contributed by atoms with Crippen molar-refractivity contribution in [3.63, 3.8) is 0 Å². The summed E-state index contributed by atoms with van der Waals surface area (Å²) >= 11 is 1.53. The van der Waals surface area contributed by atoms with Gasteiger partial charge in [-0.15, -0.1) is 0 Å². The molecule has 0 radical (unpaired) electrons. The first-order chi connectivity index (χ1) is 11.4. The molecule has 23 heavy (non-hydrogen) atoms. The van der Waals surface area contributed by atoms with Gasteiger partial charge in [-0.05, 0) is 37.6 Å². The summed E-state index contributed by atoms with van der Waals surface area (Å²) in [5.41, 5.74) is 3.74. The molecule has 0 aliphatic carbocycles. The van der Waals surface area contributed by atoms with Crippen LogP contribution in [-0.4, -0.2) is 28.0 Å². The van der Waals surface area contributed by atoms with Crippen molar-refractivity contribution in [3.8, 4) is 5.19 Å². The van der Waals surface area contributed by atoms with Gasteiger partial charge in [-0.1, -0.05) is 36.0 Å². The third-order valence-electron chi connectivity index (χ3n) is 4.48. The summed E-state index contributed by atoms with van der Waals surface area (Å²) in [6.45, 7) is 3.95. The zero-order valence-corrected chi connectivity index (χ0v) is 13.9. The molecule has 0 amide bonds. The van der Waals surface area contributed by atoms with Gasteiger partial charge in [0, 0.05) is 29.0 Å². The number of H-pyrrole nitrogens is 1. The third-order valence-corrected chi connectivity index (χ3v) is 5.16. The highest BCUT2D eigenvalue weighted by molar-refractivity contribution is 7.11. The van der Waals surface area contributed by atoms with Gasteiger partial charge in [-0.2, -0.15) is 0 Å². The molecule has 5 heteroatoms. The molecule has 3 aromatic rings. The number of hydrogen-bond donors (Lipinski definition) is 1. The van der Waals surface area contributed by atoms with Gasteiger partial charge in [0.05, 0.1) is 5.69 Å². The van der Waals surface area contributed by atoms with E-state index in [9.17, 15) is 0 Å². The molecule has 0 bridgehead atoms. The van der Waals surface area contributed by atoms with Crippen molar-refractivity contribution < 1.29 is 4.74 Å². The number of nitrogens with zero attached hydrogens (tertiary/aromatic N) is 2. The van der Waals surface area contributed by atoms with Crippen LogP contribution in [0, 0.1) is 0 Å². The number of fused-ring (bicyclic) bond motifs is 1. The van der Waals surface area contributed by atoms with Gasteiger partial charge in [0.25, 0.3) is 5.19 Å². The van der Waals surface area contributed by atoms with Crippen LogP contribution in [0.5, 0.6) is 5.19 Å². The maximum atomic E-state index is 5.85. The Morgan fingerprint density at radius 1 is 1.17 bits per heavy atom. The van der Waals surface area contributed by atoms with E-state index in [1.165, 1.54) is 65.8 Å². The minimum Gasteiger partial charge on any atom is -0.464 e. The van der Waals surface area contributed by atoms with E-state index in [-0.39, 0.29) is 0 Å². The second-order valence-corrected chi connectivity index (χ2v) is 6.91. The summed E-state index contributed by atoms with van der Waals surface area (Å²) in [6, 6.07) is 8.54. The van der Waals surface area contributed by atoms with E-state index in [1.807, 2.05) is 5.38 Å². The van der Waals surface area contributed by atoms with Crippen LogP contribution >= 0.6 is 11.3 Å². The van der Waals surface area contributed by atoms with Crippen LogP contribution in [0.4, 0.5) is 0 Å². The number of likely N-dealkylation sites (tertiary alicyclic amines) is 1. The number of piperidine rings is 1. The largest absolute Gasteiger partial charge is 0.464 e. The molecule has 1 fully saturated rings. The minimum atomic E-state index is 0.547. The third kappa shape index (κ3) is 3.26. The van der Waals surface area contributed by atoms with Crippen LogP contribution in [0.2, 0.25) is 0 Å². The first-order valence-electron chi connectivity index (χ1n) is 8.23. The second-order valence-electron chi connectivity index (χ2n) is 6.05. The molecule has 0 unspecified atom stereocenters. The first kappa shape index (κ1) is 14.7. The van der Waals surface area contributed by atoms with E-state index in [2.05, 4.69) is 39.1 Å². The number of hydrogen-bond acceptors (Lipinski definition) is 4. The van der Waals surface area contributed by atoms with E-state index >= 15 is 0 Å². The standard InChI is InChI=1S/C18H21N3OS/c1-4-9-21(10-5-1)12-15-14-6-2-3-7-16(14)20-17(15)13-22-18-19-8-11-23-18/h2-3,6-8,11,20H,1,4-5,9-10,12-13H2. The smallest absolute Gasteiger partial charge is 0.273 e. The van der Waals surface area contributed by atoms with Crippen LogP contribution in [0.15, 0.2) is 35.8 Å². The predicted molar refractivity (Wildman–Crippen MR) is 93.9 cm³/mol. The number of thiazole rings is 1. The lowest BCUT2D eigenvalue weighted by atomic mass is 10.1. The highest BCUT2D eigenvalue weighted by atomic mass is 32.1. The van der Waals surface area contributed by atoms with E-state index < -0.39 is 0 Å². The lowest BCUT2D eigenvalue weighted by Gasteiger charge is -2.26. The Hall–Kier alpha value is -1.85. The second kappa shape index (κ2) is 6.72. The fourth-order valence-corrected chi connectivity index (χ4v) is 3.80. The molecule has 3 heterocycles. The van der Waals surface area contributed by atoms with Crippen LogP contribution in [0.3, 0.4) is 0 Å². The zero-order chi connectivity index (χ0) is 15.5. The lowest BCUT2D eigenvalue weighted by Crippen LogP contribution is -2.29. The summed E-state index contributed by atoms with van der Waals surface area (Å²) in [4.78, 5) is 10.3. The Bertz CT molecular complexity index is 760. The van der Waals surface area contributed by atoms with Crippen molar-refractivity contribution in [2.45, 2.75) is 32.4 Å². The van der Waals surface area contributed by atoms with Crippen molar-refractivity contribution in [1.29, 1.82) is 0 Å². The first-order valence-corrected chi connectivity index (χ1v) is 9.11. The van der Waals surface area contributed by atoms with E-state index in [4.69, 9.17) is 4.74 Å². The Morgan fingerprint density at radius 2 is 2.04 bits per heavy atom. The van der Waals surface area contributed by atoms with Crippen LogP contribution in [-0.2, 0) is 13.2 Å². The molecule has 1 saturated heterocycles. The van der Waals surface area contributed by atoms with Crippen molar-refractivity contribution in [2.24, 2.45) is 0 Å². The number of rotatable bonds is 5. The molecule has 0 saturated carbocycles. The molecule has 0 atom stereocenters. The predicted octanol–water partition coefficient (Wildman–Crippen LogP) is 4.19. The lowest BCUT2D eigenvalue weighted by molar-refractivity contribution is 0.219. The number of benzene rings is 1. The van der Waals surface area contributed by atoms with Gasteiger partial charge in [0.15, 0.2) is 0 Å².